The van der Waals surface area contributed by atoms with E-state index in [-0.39, 0.29) is 0 Å². The average molecular weight is 398 g/mol. The summed E-state index contributed by atoms with van der Waals surface area (Å²) in [5.41, 5.74) is 1.71. The molecule has 0 unspecified atom stereocenters. The van der Waals surface area contributed by atoms with Crippen LogP contribution in [-0.4, -0.2) is 90.3 Å². The fourth-order valence-corrected chi connectivity index (χ4v) is 4.36. The van der Waals surface area contributed by atoms with Crippen LogP contribution in [0.15, 0.2) is 24.3 Å². The molecule has 0 saturated carbocycles. The van der Waals surface area contributed by atoms with Gasteiger partial charge in [0.1, 0.15) is 0 Å². The molecule has 8 nitrogen and oxygen atoms in total. The molecule has 1 aromatic carbocycles. The second-order valence-corrected chi connectivity index (χ2v) is 8.43. The number of nitrogens with zero attached hydrogens (tertiary/aromatic N) is 3. The van der Waals surface area contributed by atoms with Gasteiger partial charge in [0, 0.05) is 70.3 Å². The predicted octanol–water partition coefficient (Wildman–Crippen LogP) is 0.407. The molecular formula is C18H31N5O3S. The summed E-state index contributed by atoms with van der Waals surface area (Å²) in [4.78, 5) is 7.35. The van der Waals surface area contributed by atoms with Gasteiger partial charge in [-0.1, -0.05) is 6.92 Å². The Balaban J connectivity index is 1.43. The summed E-state index contributed by atoms with van der Waals surface area (Å²) < 4.78 is 33.8. The number of morpholine rings is 1. The summed E-state index contributed by atoms with van der Waals surface area (Å²) in [6.45, 7) is 12.2. The van der Waals surface area contributed by atoms with Crippen molar-refractivity contribution < 1.29 is 13.2 Å². The van der Waals surface area contributed by atoms with Gasteiger partial charge in [-0.3, -0.25) is 14.5 Å². The van der Waals surface area contributed by atoms with E-state index in [9.17, 15) is 8.42 Å². The van der Waals surface area contributed by atoms with E-state index in [1.54, 1.807) is 6.92 Å². The molecule has 2 aliphatic rings. The van der Waals surface area contributed by atoms with Crippen LogP contribution < -0.4 is 14.3 Å². The van der Waals surface area contributed by atoms with Crippen LogP contribution >= 0.6 is 0 Å². The number of hydrogen-bond donors (Lipinski definition) is 2. The van der Waals surface area contributed by atoms with Gasteiger partial charge in [0.2, 0.25) is 0 Å². The van der Waals surface area contributed by atoms with E-state index >= 15 is 0 Å². The van der Waals surface area contributed by atoms with Crippen molar-refractivity contribution in [2.45, 2.75) is 6.92 Å². The molecule has 0 aliphatic carbocycles. The molecule has 0 spiro atoms. The lowest BCUT2D eigenvalue weighted by Crippen LogP contribution is -2.49. The van der Waals surface area contributed by atoms with Crippen molar-refractivity contribution in [2.24, 2.45) is 0 Å². The van der Waals surface area contributed by atoms with E-state index in [4.69, 9.17) is 4.74 Å². The number of benzene rings is 1. The Morgan fingerprint density at radius 1 is 0.926 bits per heavy atom. The Bertz CT molecular complexity index is 669. The van der Waals surface area contributed by atoms with Crippen molar-refractivity contribution in [2.75, 3.05) is 81.7 Å². The third-order valence-electron chi connectivity index (χ3n) is 5.03. The molecule has 0 atom stereocenters. The third-order valence-corrected chi connectivity index (χ3v) is 6.20. The first-order valence-electron chi connectivity index (χ1n) is 9.70. The summed E-state index contributed by atoms with van der Waals surface area (Å²) in [5, 5.41) is 0. The molecule has 0 radical (unpaired) electrons. The maximum Gasteiger partial charge on any atom is 0.299 e. The molecule has 1 aromatic rings. The van der Waals surface area contributed by atoms with E-state index in [0.717, 1.165) is 71.3 Å². The van der Waals surface area contributed by atoms with Gasteiger partial charge in [0.25, 0.3) is 10.2 Å². The van der Waals surface area contributed by atoms with Crippen LogP contribution in [0.2, 0.25) is 0 Å². The fraction of sp³-hybridized carbons (Fsp3) is 0.667. The summed E-state index contributed by atoms with van der Waals surface area (Å²) >= 11 is 0. The van der Waals surface area contributed by atoms with E-state index in [0.29, 0.717) is 12.2 Å². The molecule has 0 bridgehead atoms. The van der Waals surface area contributed by atoms with E-state index < -0.39 is 10.2 Å². The number of hydrogen-bond acceptors (Lipinski definition) is 6. The number of ether oxygens (including phenoxy) is 1. The second kappa shape index (κ2) is 9.70. The van der Waals surface area contributed by atoms with Gasteiger partial charge in [-0.05, 0) is 24.3 Å². The molecule has 2 N–H and O–H groups in total. The van der Waals surface area contributed by atoms with Crippen LogP contribution in [0, 0.1) is 0 Å². The molecule has 27 heavy (non-hydrogen) atoms. The highest BCUT2D eigenvalue weighted by molar-refractivity contribution is 7.90. The fourth-order valence-electron chi connectivity index (χ4n) is 3.46. The van der Waals surface area contributed by atoms with Crippen molar-refractivity contribution in [3.63, 3.8) is 0 Å². The van der Waals surface area contributed by atoms with Crippen LogP contribution in [0.4, 0.5) is 11.4 Å². The quantitative estimate of drug-likeness (QED) is 0.662. The Kier molecular flexibility index (Phi) is 7.31. The van der Waals surface area contributed by atoms with Crippen LogP contribution in [0.5, 0.6) is 0 Å². The molecule has 152 valence electrons. The first-order chi connectivity index (χ1) is 13.1. The third kappa shape index (κ3) is 6.32. The first-order valence-corrected chi connectivity index (χ1v) is 11.2. The largest absolute Gasteiger partial charge is 0.379 e. The lowest BCUT2D eigenvalue weighted by Gasteiger charge is -2.37. The van der Waals surface area contributed by atoms with Crippen molar-refractivity contribution >= 4 is 21.6 Å². The average Bonchev–Trinajstić information content (AvgIpc) is 2.68. The highest BCUT2D eigenvalue weighted by Crippen LogP contribution is 2.20. The number of anilines is 2. The zero-order valence-electron chi connectivity index (χ0n) is 16.1. The van der Waals surface area contributed by atoms with Gasteiger partial charge in [-0.2, -0.15) is 13.1 Å². The van der Waals surface area contributed by atoms with Gasteiger partial charge in [-0.15, -0.1) is 0 Å². The smallest absolute Gasteiger partial charge is 0.299 e. The molecule has 3 rings (SSSR count). The molecule has 2 heterocycles. The van der Waals surface area contributed by atoms with Crippen LogP contribution in [0.3, 0.4) is 0 Å². The zero-order chi connectivity index (χ0) is 19.1. The highest BCUT2D eigenvalue weighted by atomic mass is 32.2. The van der Waals surface area contributed by atoms with Crippen LogP contribution in [-0.2, 0) is 14.9 Å². The summed E-state index contributed by atoms with van der Waals surface area (Å²) in [6.07, 6.45) is 0. The van der Waals surface area contributed by atoms with Gasteiger partial charge in [0.05, 0.1) is 13.2 Å². The summed E-state index contributed by atoms with van der Waals surface area (Å²) in [6, 6.07) is 7.59. The molecule has 2 fully saturated rings. The molecule has 0 amide bonds. The van der Waals surface area contributed by atoms with E-state index in [1.807, 2.05) is 24.3 Å². The van der Waals surface area contributed by atoms with Crippen LogP contribution in [0.1, 0.15) is 6.92 Å². The van der Waals surface area contributed by atoms with Gasteiger partial charge in [-0.25, -0.2) is 0 Å². The predicted molar refractivity (Wildman–Crippen MR) is 109 cm³/mol. The van der Waals surface area contributed by atoms with Crippen LogP contribution in [0.25, 0.3) is 0 Å². The normalized spacial score (nSPS) is 20.0. The Morgan fingerprint density at radius 2 is 1.52 bits per heavy atom. The van der Waals surface area contributed by atoms with Crippen molar-refractivity contribution in [1.82, 2.24) is 14.5 Å². The number of nitrogens with one attached hydrogen (secondary N) is 2. The molecule has 2 aliphatic heterocycles. The van der Waals surface area contributed by atoms with E-state index in [1.165, 1.54) is 0 Å². The molecule has 2 saturated heterocycles. The topological polar surface area (TPSA) is 77.2 Å². The monoisotopic (exact) mass is 397 g/mol. The molecule has 0 aromatic heterocycles. The summed E-state index contributed by atoms with van der Waals surface area (Å²) in [7, 11) is -3.48. The standard InChI is InChI=1S/C18H31N5O3S/c1-2-19-27(24,25)20-17-3-5-18(6-4-17)23-11-9-21(10-12-23)7-8-22-13-15-26-16-14-22/h3-6,19-20H,2,7-16H2,1H3. The van der Waals surface area contributed by atoms with E-state index in [2.05, 4.69) is 24.1 Å². The Labute approximate surface area is 162 Å². The SMILES string of the molecule is CCNS(=O)(=O)Nc1ccc(N2CCN(CCN3CCOCC3)CC2)cc1. The second-order valence-electron chi connectivity index (χ2n) is 6.93. The number of piperazine rings is 1. The first kappa shape index (κ1) is 20.3. The minimum Gasteiger partial charge on any atom is -0.379 e. The highest BCUT2D eigenvalue weighted by Gasteiger charge is 2.19. The summed E-state index contributed by atoms with van der Waals surface area (Å²) in [5.74, 6) is 0. The lowest BCUT2D eigenvalue weighted by atomic mass is 10.2. The molecular weight excluding hydrogens is 366 g/mol. The van der Waals surface area contributed by atoms with Crippen molar-refractivity contribution in [3.8, 4) is 0 Å². The number of rotatable bonds is 8. The minimum atomic E-state index is -3.48. The molecule has 9 heteroatoms. The van der Waals surface area contributed by atoms with Gasteiger partial charge in [0.15, 0.2) is 0 Å². The zero-order valence-corrected chi connectivity index (χ0v) is 16.9. The maximum atomic E-state index is 11.8. The van der Waals surface area contributed by atoms with Gasteiger partial charge >= 0.3 is 0 Å². The maximum absolute atomic E-state index is 11.8. The lowest BCUT2D eigenvalue weighted by molar-refractivity contribution is 0.0331. The Hall–Kier alpha value is -1.39. The van der Waals surface area contributed by atoms with Gasteiger partial charge < -0.3 is 9.64 Å². The van der Waals surface area contributed by atoms with Crippen molar-refractivity contribution in [1.29, 1.82) is 0 Å². The van der Waals surface area contributed by atoms with Crippen molar-refractivity contribution in [3.05, 3.63) is 24.3 Å². The minimum absolute atomic E-state index is 0.364. The Morgan fingerprint density at radius 3 is 2.11 bits per heavy atom.